The maximum atomic E-state index is 12.8. The normalized spacial score (nSPS) is 19.7. The minimum atomic E-state index is -0.270. The van der Waals surface area contributed by atoms with Crippen LogP contribution in [0.5, 0.6) is 0 Å². The summed E-state index contributed by atoms with van der Waals surface area (Å²) in [5.41, 5.74) is 4.46. The number of aromatic amines is 1. The van der Waals surface area contributed by atoms with Gasteiger partial charge < -0.3 is 9.72 Å². The van der Waals surface area contributed by atoms with Gasteiger partial charge in [-0.05, 0) is 73.0 Å². The molecular weight excluding hydrogens is 428 g/mol. The number of hydrogen-bond acceptors (Lipinski definition) is 2. The molecule has 1 aromatic heterocycles. The number of nitrogens with zero attached hydrogens (tertiary/aromatic N) is 1. The van der Waals surface area contributed by atoms with E-state index in [4.69, 9.17) is 16.3 Å². The van der Waals surface area contributed by atoms with Gasteiger partial charge in [0.1, 0.15) is 6.04 Å². The van der Waals surface area contributed by atoms with E-state index in [1.165, 1.54) is 5.56 Å². The van der Waals surface area contributed by atoms with E-state index in [1.807, 2.05) is 36.9 Å². The number of amides is 1. The lowest BCUT2D eigenvalue weighted by molar-refractivity contribution is 0.0654. The van der Waals surface area contributed by atoms with Crippen molar-refractivity contribution >= 4 is 44.5 Å². The molecule has 0 saturated carbocycles. The molecule has 6 heteroatoms. The second kappa shape index (κ2) is 7.36. The fourth-order valence-corrected chi connectivity index (χ4v) is 4.62. The van der Waals surface area contributed by atoms with Gasteiger partial charge in [-0.3, -0.25) is 4.90 Å². The van der Waals surface area contributed by atoms with Gasteiger partial charge in [0.2, 0.25) is 0 Å². The number of rotatable bonds is 2. The summed E-state index contributed by atoms with van der Waals surface area (Å²) >= 11 is 9.87. The van der Waals surface area contributed by atoms with Crippen LogP contribution < -0.4 is 0 Å². The molecule has 4 nitrogen and oxygen atoms in total. The van der Waals surface area contributed by atoms with E-state index in [1.54, 1.807) is 0 Å². The molecule has 4 rings (SSSR count). The Bertz CT molecular complexity index is 960. The van der Waals surface area contributed by atoms with E-state index < -0.39 is 0 Å². The van der Waals surface area contributed by atoms with Crippen molar-refractivity contribution < 1.29 is 9.53 Å². The van der Waals surface area contributed by atoms with Crippen LogP contribution >= 0.6 is 27.5 Å². The Morgan fingerprint density at radius 2 is 2.19 bits per heavy atom. The molecule has 1 amide bonds. The van der Waals surface area contributed by atoms with Gasteiger partial charge in [-0.25, -0.2) is 4.79 Å². The number of carbonyl (C=O) groups excluding carboxylic acids is 1. The minimum Gasteiger partial charge on any atom is -0.447 e. The van der Waals surface area contributed by atoms with Crippen LogP contribution in [-0.4, -0.2) is 28.6 Å². The van der Waals surface area contributed by atoms with Crippen molar-refractivity contribution in [3.63, 3.8) is 0 Å². The van der Waals surface area contributed by atoms with Crippen LogP contribution in [0.3, 0.4) is 0 Å². The van der Waals surface area contributed by atoms with Crippen LogP contribution in [0.4, 0.5) is 4.79 Å². The molecule has 2 heterocycles. The topological polar surface area (TPSA) is 45.3 Å². The molecule has 1 atom stereocenters. The molecule has 1 unspecified atom stereocenters. The first-order chi connectivity index (χ1) is 12.9. The number of H-pyrrole nitrogens is 1. The molecule has 0 spiro atoms. The SMILES string of the molecule is CC(C)OC(=O)N1CCc2c([nH]c3ccc(Cl)cc23)C1C1=CCCC(Br)=C1. The maximum Gasteiger partial charge on any atom is 0.410 e. The second-order valence-electron chi connectivity index (χ2n) is 7.32. The van der Waals surface area contributed by atoms with Crippen molar-refractivity contribution in [2.45, 2.75) is 45.3 Å². The predicted molar refractivity (Wildman–Crippen MR) is 112 cm³/mol. The first-order valence-corrected chi connectivity index (χ1v) is 10.4. The van der Waals surface area contributed by atoms with Crippen molar-refractivity contribution in [1.29, 1.82) is 0 Å². The zero-order valence-electron chi connectivity index (χ0n) is 15.4. The molecule has 0 radical (unpaired) electrons. The van der Waals surface area contributed by atoms with Crippen molar-refractivity contribution in [1.82, 2.24) is 9.88 Å². The van der Waals surface area contributed by atoms with Crippen LogP contribution in [0, 0.1) is 0 Å². The van der Waals surface area contributed by atoms with Crippen LogP contribution in [0.25, 0.3) is 10.9 Å². The Morgan fingerprint density at radius 3 is 2.93 bits per heavy atom. The molecule has 27 heavy (non-hydrogen) atoms. The number of carbonyl (C=O) groups is 1. The Kier molecular flexibility index (Phi) is 5.08. The monoisotopic (exact) mass is 448 g/mol. The van der Waals surface area contributed by atoms with Crippen LogP contribution in [0.1, 0.15) is 44.0 Å². The summed E-state index contributed by atoms with van der Waals surface area (Å²) in [7, 11) is 0. The fourth-order valence-electron chi connectivity index (χ4n) is 3.95. The molecule has 0 saturated heterocycles. The van der Waals surface area contributed by atoms with E-state index in [-0.39, 0.29) is 18.2 Å². The predicted octanol–water partition coefficient (Wildman–Crippen LogP) is 6.26. The quantitative estimate of drug-likeness (QED) is 0.587. The average molecular weight is 450 g/mol. The number of allylic oxidation sites excluding steroid dienone is 2. The van der Waals surface area contributed by atoms with Gasteiger partial charge in [0.15, 0.2) is 0 Å². The highest BCUT2D eigenvalue weighted by atomic mass is 79.9. The van der Waals surface area contributed by atoms with Gasteiger partial charge in [0.25, 0.3) is 0 Å². The molecule has 2 aliphatic rings. The zero-order valence-corrected chi connectivity index (χ0v) is 17.7. The molecule has 0 bridgehead atoms. The molecule has 0 fully saturated rings. The van der Waals surface area contributed by atoms with Crippen molar-refractivity contribution in [3.05, 3.63) is 56.7 Å². The number of nitrogens with one attached hydrogen (secondary N) is 1. The smallest absolute Gasteiger partial charge is 0.410 e. The third-order valence-corrected chi connectivity index (χ3v) is 5.92. The number of hydrogen-bond donors (Lipinski definition) is 1. The molecule has 142 valence electrons. The zero-order chi connectivity index (χ0) is 19.1. The highest BCUT2D eigenvalue weighted by Gasteiger charge is 2.36. The fraction of sp³-hybridized carbons (Fsp3) is 0.381. The molecule has 1 N–H and O–H groups in total. The largest absolute Gasteiger partial charge is 0.447 e. The Hall–Kier alpha value is -1.72. The molecule has 2 aromatic rings. The Morgan fingerprint density at radius 1 is 1.37 bits per heavy atom. The van der Waals surface area contributed by atoms with Crippen LogP contribution in [-0.2, 0) is 11.2 Å². The maximum absolute atomic E-state index is 12.8. The van der Waals surface area contributed by atoms with Gasteiger partial charge in [-0.15, -0.1) is 0 Å². The third kappa shape index (κ3) is 3.55. The highest BCUT2D eigenvalue weighted by Crippen LogP contribution is 2.42. The lowest BCUT2D eigenvalue weighted by atomic mass is 9.90. The number of ether oxygens (including phenoxy) is 1. The number of benzene rings is 1. The van der Waals surface area contributed by atoms with E-state index in [0.717, 1.165) is 50.9 Å². The van der Waals surface area contributed by atoms with Crippen LogP contribution in [0.2, 0.25) is 5.02 Å². The van der Waals surface area contributed by atoms with Gasteiger partial charge in [0.05, 0.1) is 6.10 Å². The van der Waals surface area contributed by atoms with Crippen molar-refractivity contribution in [3.8, 4) is 0 Å². The van der Waals surface area contributed by atoms with E-state index in [9.17, 15) is 4.79 Å². The number of aromatic nitrogens is 1. The van der Waals surface area contributed by atoms with Gasteiger partial charge in [-0.2, -0.15) is 0 Å². The van der Waals surface area contributed by atoms with E-state index in [0.29, 0.717) is 6.54 Å². The van der Waals surface area contributed by atoms with Crippen molar-refractivity contribution in [2.75, 3.05) is 6.54 Å². The lowest BCUT2D eigenvalue weighted by Gasteiger charge is -2.37. The lowest BCUT2D eigenvalue weighted by Crippen LogP contribution is -2.42. The van der Waals surface area contributed by atoms with Gasteiger partial charge in [-0.1, -0.05) is 33.6 Å². The number of halogens is 2. The van der Waals surface area contributed by atoms with Gasteiger partial charge >= 0.3 is 6.09 Å². The van der Waals surface area contributed by atoms with Gasteiger partial charge in [0, 0.05) is 28.2 Å². The Balaban J connectivity index is 1.84. The first kappa shape index (κ1) is 18.6. The summed E-state index contributed by atoms with van der Waals surface area (Å²) in [5.74, 6) is 0. The Labute approximate surface area is 172 Å². The summed E-state index contributed by atoms with van der Waals surface area (Å²) < 4.78 is 6.69. The summed E-state index contributed by atoms with van der Waals surface area (Å²) in [6, 6.07) is 5.72. The molecule has 1 aromatic carbocycles. The summed E-state index contributed by atoms with van der Waals surface area (Å²) in [6.07, 6.45) is 6.66. The summed E-state index contributed by atoms with van der Waals surface area (Å²) in [6.45, 7) is 4.37. The molecule has 1 aliphatic carbocycles. The van der Waals surface area contributed by atoms with E-state index >= 15 is 0 Å². The van der Waals surface area contributed by atoms with Crippen LogP contribution in [0.15, 0.2) is 40.4 Å². The molecule has 1 aliphatic heterocycles. The molecular formula is C21H22BrClN2O2. The standard InChI is InChI=1S/C21H22BrClN2O2/c1-12(2)27-21(26)25-9-8-16-17-11-15(23)6-7-18(17)24-19(16)20(25)13-4-3-5-14(22)10-13/h4,6-7,10-12,20,24H,3,5,8-9H2,1-2H3. The van der Waals surface area contributed by atoms with E-state index in [2.05, 4.69) is 33.1 Å². The minimum absolute atomic E-state index is 0.149. The summed E-state index contributed by atoms with van der Waals surface area (Å²) in [4.78, 5) is 18.2. The number of fused-ring (bicyclic) bond motifs is 3. The summed E-state index contributed by atoms with van der Waals surface area (Å²) in [5, 5.41) is 1.86. The second-order valence-corrected chi connectivity index (χ2v) is 8.77. The third-order valence-electron chi connectivity index (χ3n) is 5.06. The van der Waals surface area contributed by atoms with Crippen molar-refractivity contribution in [2.24, 2.45) is 0 Å². The highest BCUT2D eigenvalue weighted by molar-refractivity contribution is 9.11. The first-order valence-electron chi connectivity index (χ1n) is 9.27. The average Bonchev–Trinajstić information content (AvgIpc) is 2.98.